The van der Waals surface area contributed by atoms with Crippen molar-refractivity contribution >= 4 is 5.97 Å². The van der Waals surface area contributed by atoms with Gasteiger partial charge in [-0.2, -0.15) is 0 Å². The van der Waals surface area contributed by atoms with Gasteiger partial charge in [-0.3, -0.25) is 0 Å². The Kier molecular flexibility index (Phi) is 3.94. The molecule has 0 fully saturated rings. The van der Waals surface area contributed by atoms with Crippen LogP contribution in [-0.4, -0.2) is 35.6 Å². The fourth-order valence-electron chi connectivity index (χ4n) is 2.03. The van der Waals surface area contributed by atoms with Crippen LogP contribution in [0.1, 0.15) is 42.4 Å². The van der Waals surface area contributed by atoms with E-state index in [0.29, 0.717) is 12.2 Å². The van der Waals surface area contributed by atoms with E-state index in [1.807, 2.05) is 24.6 Å². The lowest BCUT2D eigenvalue weighted by atomic mass is 10.1. The smallest absolute Gasteiger partial charge is 0.358 e. The minimum atomic E-state index is -1.02. The Balaban J connectivity index is 2.05. The van der Waals surface area contributed by atoms with Crippen molar-refractivity contribution in [1.29, 1.82) is 0 Å². The third-order valence-corrected chi connectivity index (χ3v) is 2.87. The molecule has 0 atom stereocenters. The van der Waals surface area contributed by atoms with E-state index >= 15 is 0 Å². The minimum Gasteiger partial charge on any atom is -0.476 e. The third-order valence-electron chi connectivity index (χ3n) is 2.87. The van der Waals surface area contributed by atoms with Gasteiger partial charge in [0.1, 0.15) is 0 Å². The van der Waals surface area contributed by atoms with E-state index in [-0.39, 0.29) is 11.6 Å². The van der Waals surface area contributed by atoms with Crippen LogP contribution >= 0.6 is 0 Å². The van der Waals surface area contributed by atoms with Crippen molar-refractivity contribution < 1.29 is 9.90 Å². The molecular weight excluding hydrogens is 246 g/mol. The van der Waals surface area contributed by atoms with Gasteiger partial charge in [-0.15, -0.1) is 5.10 Å². The van der Waals surface area contributed by atoms with E-state index in [1.54, 1.807) is 17.2 Å². The molecule has 1 N–H and O–H groups in total. The number of carboxylic acids is 1. The number of aromatic nitrogens is 5. The van der Waals surface area contributed by atoms with Crippen molar-refractivity contribution in [3.8, 4) is 0 Å². The van der Waals surface area contributed by atoms with E-state index in [1.165, 1.54) is 0 Å². The zero-order valence-corrected chi connectivity index (χ0v) is 11.0. The summed E-state index contributed by atoms with van der Waals surface area (Å²) in [5, 5.41) is 16.8. The molecule has 0 amide bonds. The average Bonchev–Trinajstić information content (AvgIpc) is 2.97. The van der Waals surface area contributed by atoms with E-state index in [2.05, 4.69) is 15.3 Å². The lowest BCUT2D eigenvalue weighted by Crippen LogP contribution is -2.11. The van der Waals surface area contributed by atoms with Gasteiger partial charge in [-0.05, 0) is 12.3 Å². The molecule has 0 saturated heterocycles. The molecule has 0 spiro atoms. The summed E-state index contributed by atoms with van der Waals surface area (Å²) in [5.41, 5.74) is 0.732. The van der Waals surface area contributed by atoms with Crippen molar-refractivity contribution in [2.75, 3.05) is 0 Å². The molecule has 102 valence electrons. The molecule has 7 heteroatoms. The van der Waals surface area contributed by atoms with Crippen LogP contribution in [0.25, 0.3) is 0 Å². The fraction of sp³-hybridized carbons (Fsp3) is 0.500. The van der Waals surface area contributed by atoms with Crippen LogP contribution in [0.15, 0.2) is 18.7 Å². The zero-order valence-electron chi connectivity index (χ0n) is 11.0. The molecule has 2 aromatic rings. The summed E-state index contributed by atoms with van der Waals surface area (Å²) < 4.78 is 3.66. The Morgan fingerprint density at radius 3 is 2.79 bits per heavy atom. The second kappa shape index (κ2) is 5.64. The first-order valence-electron chi connectivity index (χ1n) is 6.22. The summed E-state index contributed by atoms with van der Waals surface area (Å²) in [5.74, 6) is -0.945. The highest BCUT2D eigenvalue weighted by Crippen LogP contribution is 2.17. The largest absolute Gasteiger partial charge is 0.476 e. The number of nitrogens with zero attached hydrogens (tertiary/aromatic N) is 5. The summed E-state index contributed by atoms with van der Waals surface area (Å²) in [6, 6.07) is 0. The molecule has 0 radical (unpaired) electrons. The van der Waals surface area contributed by atoms with E-state index in [0.717, 1.165) is 13.0 Å². The SMILES string of the molecule is CC(C)c1c(C(=O)O)nnn1CCCn1ccnc1. The minimum absolute atomic E-state index is 0.0534. The van der Waals surface area contributed by atoms with Crippen molar-refractivity contribution in [3.05, 3.63) is 30.1 Å². The molecule has 0 aromatic carbocycles. The van der Waals surface area contributed by atoms with Crippen LogP contribution in [0.2, 0.25) is 0 Å². The molecule has 0 aliphatic heterocycles. The van der Waals surface area contributed by atoms with E-state index in [9.17, 15) is 4.79 Å². The Bertz CT molecular complexity index is 544. The Morgan fingerprint density at radius 1 is 1.42 bits per heavy atom. The summed E-state index contributed by atoms with van der Waals surface area (Å²) in [6.45, 7) is 5.35. The molecule has 19 heavy (non-hydrogen) atoms. The maximum atomic E-state index is 11.1. The molecule has 0 unspecified atom stereocenters. The summed E-state index contributed by atoms with van der Waals surface area (Å²) in [4.78, 5) is 15.0. The molecule has 0 bridgehead atoms. The first kappa shape index (κ1) is 13.3. The van der Waals surface area contributed by atoms with Crippen LogP contribution in [0.3, 0.4) is 0 Å². The highest BCUT2D eigenvalue weighted by atomic mass is 16.4. The van der Waals surface area contributed by atoms with Crippen molar-refractivity contribution in [2.45, 2.75) is 39.3 Å². The molecular formula is C12H17N5O2. The topological polar surface area (TPSA) is 85.8 Å². The predicted molar refractivity (Wildman–Crippen MR) is 67.9 cm³/mol. The van der Waals surface area contributed by atoms with Gasteiger partial charge in [0.15, 0.2) is 5.69 Å². The second-order valence-corrected chi connectivity index (χ2v) is 4.66. The van der Waals surface area contributed by atoms with Gasteiger partial charge in [0.05, 0.1) is 12.0 Å². The van der Waals surface area contributed by atoms with Crippen molar-refractivity contribution in [2.24, 2.45) is 0 Å². The van der Waals surface area contributed by atoms with Crippen LogP contribution in [0, 0.1) is 0 Å². The van der Waals surface area contributed by atoms with Gasteiger partial charge in [0.2, 0.25) is 0 Å². The lowest BCUT2D eigenvalue weighted by molar-refractivity contribution is 0.0688. The predicted octanol–water partition coefficient (Wildman–Crippen LogP) is 1.39. The van der Waals surface area contributed by atoms with Gasteiger partial charge < -0.3 is 9.67 Å². The fourth-order valence-corrected chi connectivity index (χ4v) is 2.03. The van der Waals surface area contributed by atoms with Gasteiger partial charge in [-0.25, -0.2) is 14.5 Å². The van der Waals surface area contributed by atoms with Gasteiger partial charge in [-0.1, -0.05) is 19.1 Å². The quantitative estimate of drug-likeness (QED) is 0.851. The lowest BCUT2D eigenvalue weighted by Gasteiger charge is -2.10. The Labute approximate surface area is 110 Å². The average molecular weight is 263 g/mol. The first-order valence-corrected chi connectivity index (χ1v) is 6.22. The van der Waals surface area contributed by atoms with Crippen molar-refractivity contribution in [1.82, 2.24) is 24.5 Å². The van der Waals surface area contributed by atoms with Gasteiger partial charge in [0, 0.05) is 25.5 Å². The molecule has 0 aliphatic rings. The van der Waals surface area contributed by atoms with E-state index in [4.69, 9.17) is 5.11 Å². The number of hydrogen-bond acceptors (Lipinski definition) is 4. The highest BCUT2D eigenvalue weighted by molar-refractivity contribution is 5.86. The maximum Gasteiger partial charge on any atom is 0.358 e. The third kappa shape index (κ3) is 2.98. The van der Waals surface area contributed by atoms with Gasteiger partial charge >= 0.3 is 5.97 Å². The van der Waals surface area contributed by atoms with E-state index < -0.39 is 5.97 Å². The van der Waals surface area contributed by atoms with Crippen LogP contribution in [-0.2, 0) is 13.1 Å². The van der Waals surface area contributed by atoms with Crippen LogP contribution in [0.4, 0.5) is 0 Å². The number of carboxylic acid groups (broad SMARTS) is 1. The number of hydrogen-bond donors (Lipinski definition) is 1. The molecule has 2 heterocycles. The standard InChI is InChI=1S/C12H17N5O2/c1-9(2)11-10(12(18)19)14-15-17(11)6-3-5-16-7-4-13-8-16/h4,7-9H,3,5-6H2,1-2H3,(H,18,19). The Morgan fingerprint density at radius 2 is 2.21 bits per heavy atom. The summed E-state index contributed by atoms with van der Waals surface area (Å²) >= 11 is 0. The number of rotatable bonds is 6. The number of aromatic carboxylic acids is 1. The summed E-state index contributed by atoms with van der Waals surface area (Å²) in [7, 11) is 0. The molecule has 0 saturated carbocycles. The normalized spacial score (nSPS) is 11.1. The van der Waals surface area contributed by atoms with Crippen LogP contribution in [0.5, 0.6) is 0 Å². The zero-order chi connectivity index (χ0) is 13.8. The number of aryl methyl sites for hydroxylation is 2. The van der Waals surface area contributed by atoms with Gasteiger partial charge in [0.25, 0.3) is 0 Å². The molecule has 0 aliphatic carbocycles. The monoisotopic (exact) mass is 263 g/mol. The summed E-state index contributed by atoms with van der Waals surface area (Å²) in [6.07, 6.45) is 6.23. The second-order valence-electron chi connectivity index (χ2n) is 4.66. The molecule has 2 rings (SSSR count). The first-order chi connectivity index (χ1) is 9.09. The number of imidazole rings is 1. The molecule has 2 aromatic heterocycles. The van der Waals surface area contributed by atoms with Crippen LogP contribution < -0.4 is 0 Å². The molecule has 7 nitrogen and oxygen atoms in total. The van der Waals surface area contributed by atoms with Crippen molar-refractivity contribution in [3.63, 3.8) is 0 Å². The Hall–Kier alpha value is -2.18. The maximum absolute atomic E-state index is 11.1. The highest BCUT2D eigenvalue weighted by Gasteiger charge is 2.20. The number of carbonyl (C=O) groups is 1.